The second-order valence-electron chi connectivity index (χ2n) is 2.16. The molecule has 0 radical (unpaired) electrons. The Bertz CT molecular complexity index is 255. The first-order valence-electron chi connectivity index (χ1n) is 3.67. The fourth-order valence-electron chi connectivity index (χ4n) is 0.897. The second-order valence-corrected chi connectivity index (χ2v) is 2.16. The normalized spacial score (nSPS) is 12.7. The Kier molecular flexibility index (Phi) is 2.66. The Balaban J connectivity index is 2.89. The average Bonchev–Trinajstić information content (AvgIpc) is 2.52. The zero-order valence-corrected chi connectivity index (χ0v) is 6.86. The zero-order chi connectivity index (χ0) is 8.10. The fourth-order valence-corrected chi connectivity index (χ4v) is 0.897. The third-order valence-corrected chi connectivity index (χ3v) is 1.40. The van der Waals surface area contributed by atoms with Crippen LogP contribution in [0.25, 0.3) is 5.70 Å². The first kappa shape index (κ1) is 7.79. The summed E-state index contributed by atoms with van der Waals surface area (Å²) in [6, 6.07) is 1.91. The topological polar surface area (TPSA) is 17.8 Å². The van der Waals surface area contributed by atoms with Crippen LogP contribution >= 0.6 is 0 Å². The minimum Gasteiger partial charge on any atom is -0.241 e. The molecule has 2 heteroatoms. The van der Waals surface area contributed by atoms with Crippen LogP contribution in [0.2, 0.25) is 0 Å². The summed E-state index contributed by atoms with van der Waals surface area (Å²) in [5.41, 5.74) is 1.09. The predicted octanol–water partition coefficient (Wildman–Crippen LogP) is 2.32. The summed E-state index contributed by atoms with van der Waals surface area (Å²) in [6.45, 7) is 3.99. The summed E-state index contributed by atoms with van der Waals surface area (Å²) in [5.74, 6) is 0. The predicted molar refractivity (Wildman–Crippen MR) is 47.0 cm³/mol. The van der Waals surface area contributed by atoms with Gasteiger partial charge in [0, 0.05) is 12.4 Å². The molecule has 0 saturated heterocycles. The zero-order valence-electron chi connectivity index (χ0n) is 6.86. The Hall–Kier alpha value is -1.31. The number of allylic oxidation sites excluding steroid dienone is 4. The highest BCUT2D eigenvalue weighted by molar-refractivity contribution is 5.55. The van der Waals surface area contributed by atoms with Gasteiger partial charge in [0.25, 0.3) is 0 Å². The van der Waals surface area contributed by atoms with Crippen molar-refractivity contribution in [3.8, 4) is 0 Å². The van der Waals surface area contributed by atoms with Crippen LogP contribution in [0, 0.1) is 0 Å². The summed E-state index contributed by atoms with van der Waals surface area (Å²) in [4.78, 5) is 0. The summed E-state index contributed by atoms with van der Waals surface area (Å²) < 4.78 is 1.83. The summed E-state index contributed by atoms with van der Waals surface area (Å²) >= 11 is 0. The van der Waals surface area contributed by atoms with Crippen LogP contribution in [-0.2, 0) is 0 Å². The monoisotopic (exact) mass is 148 g/mol. The molecule has 0 N–H and O–H groups in total. The van der Waals surface area contributed by atoms with Gasteiger partial charge in [0.05, 0.1) is 5.70 Å². The highest BCUT2D eigenvalue weighted by Crippen LogP contribution is 2.03. The van der Waals surface area contributed by atoms with E-state index in [1.807, 2.05) is 49.0 Å². The number of hydrogen-bond acceptors (Lipinski definition) is 1. The van der Waals surface area contributed by atoms with Crippen molar-refractivity contribution in [2.24, 2.45) is 0 Å². The molecule has 0 amide bonds. The van der Waals surface area contributed by atoms with Crippen LogP contribution in [0.3, 0.4) is 0 Å². The molecule has 0 atom stereocenters. The second kappa shape index (κ2) is 3.76. The van der Waals surface area contributed by atoms with E-state index in [0.717, 1.165) is 5.70 Å². The first-order chi connectivity index (χ1) is 5.38. The lowest BCUT2D eigenvalue weighted by molar-refractivity contribution is 0.908. The van der Waals surface area contributed by atoms with Crippen molar-refractivity contribution >= 4 is 5.70 Å². The van der Waals surface area contributed by atoms with Crippen LogP contribution in [0.15, 0.2) is 36.7 Å². The quantitative estimate of drug-likeness (QED) is 0.588. The molecular formula is C9H12N2. The lowest BCUT2D eigenvalue weighted by Crippen LogP contribution is -1.93. The average molecular weight is 148 g/mol. The summed E-state index contributed by atoms with van der Waals surface area (Å²) in [7, 11) is 0. The molecule has 0 aromatic carbocycles. The summed E-state index contributed by atoms with van der Waals surface area (Å²) in [5, 5.41) is 4.10. The van der Waals surface area contributed by atoms with Gasteiger partial charge in [-0.15, -0.1) is 0 Å². The van der Waals surface area contributed by atoms with Gasteiger partial charge < -0.3 is 0 Å². The van der Waals surface area contributed by atoms with E-state index in [2.05, 4.69) is 5.10 Å². The van der Waals surface area contributed by atoms with Gasteiger partial charge in [-0.25, -0.2) is 4.68 Å². The molecule has 1 heterocycles. The molecule has 0 aliphatic heterocycles. The molecule has 0 unspecified atom stereocenters. The molecule has 1 aromatic heterocycles. The Morgan fingerprint density at radius 1 is 1.45 bits per heavy atom. The Labute approximate surface area is 66.8 Å². The SMILES string of the molecule is C/C=C\C(=C/C)n1cccn1. The van der Waals surface area contributed by atoms with Gasteiger partial charge >= 0.3 is 0 Å². The van der Waals surface area contributed by atoms with E-state index < -0.39 is 0 Å². The highest BCUT2D eigenvalue weighted by atomic mass is 15.3. The van der Waals surface area contributed by atoms with Crippen molar-refractivity contribution in [1.82, 2.24) is 9.78 Å². The number of nitrogens with zero attached hydrogens (tertiary/aromatic N) is 2. The van der Waals surface area contributed by atoms with Crippen LogP contribution in [-0.4, -0.2) is 9.78 Å². The standard InChI is InChI=1S/C9H12N2/c1-3-6-9(4-2)11-8-5-7-10-11/h3-8H,1-2H3/b6-3-,9-4+. The maximum Gasteiger partial charge on any atom is 0.0599 e. The van der Waals surface area contributed by atoms with E-state index in [4.69, 9.17) is 0 Å². The molecule has 0 bridgehead atoms. The van der Waals surface area contributed by atoms with Crippen LogP contribution in [0.1, 0.15) is 13.8 Å². The first-order valence-corrected chi connectivity index (χ1v) is 3.67. The minimum absolute atomic E-state index is 1.09. The van der Waals surface area contributed by atoms with E-state index in [1.165, 1.54) is 0 Å². The number of rotatable bonds is 2. The maximum absolute atomic E-state index is 4.10. The van der Waals surface area contributed by atoms with Gasteiger partial charge in [-0.3, -0.25) is 0 Å². The number of hydrogen-bond donors (Lipinski definition) is 0. The van der Waals surface area contributed by atoms with Crippen molar-refractivity contribution in [2.75, 3.05) is 0 Å². The molecule has 2 nitrogen and oxygen atoms in total. The lowest BCUT2D eigenvalue weighted by Gasteiger charge is -1.98. The van der Waals surface area contributed by atoms with Gasteiger partial charge in [0.15, 0.2) is 0 Å². The van der Waals surface area contributed by atoms with Gasteiger partial charge in [-0.05, 0) is 26.0 Å². The van der Waals surface area contributed by atoms with Crippen molar-refractivity contribution < 1.29 is 0 Å². The van der Waals surface area contributed by atoms with Crippen LogP contribution < -0.4 is 0 Å². The van der Waals surface area contributed by atoms with E-state index in [0.29, 0.717) is 0 Å². The van der Waals surface area contributed by atoms with Gasteiger partial charge in [-0.1, -0.05) is 12.2 Å². The van der Waals surface area contributed by atoms with Crippen molar-refractivity contribution in [3.63, 3.8) is 0 Å². The molecule has 0 spiro atoms. The van der Waals surface area contributed by atoms with Crippen molar-refractivity contribution in [3.05, 3.63) is 36.7 Å². The van der Waals surface area contributed by atoms with E-state index in [1.54, 1.807) is 6.20 Å². The third-order valence-electron chi connectivity index (χ3n) is 1.40. The van der Waals surface area contributed by atoms with Crippen molar-refractivity contribution in [1.29, 1.82) is 0 Å². The Morgan fingerprint density at radius 2 is 2.27 bits per heavy atom. The maximum atomic E-state index is 4.10. The molecule has 0 fully saturated rings. The van der Waals surface area contributed by atoms with Crippen LogP contribution in [0.4, 0.5) is 0 Å². The molecule has 0 saturated carbocycles. The molecule has 0 aliphatic carbocycles. The smallest absolute Gasteiger partial charge is 0.0599 e. The lowest BCUT2D eigenvalue weighted by atomic mass is 10.4. The summed E-state index contributed by atoms with van der Waals surface area (Å²) in [6.07, 6.45) is 9.74. The Morgan fingerprint density at radius 3 is 2.73 bits per heavy atom. The van der Waals surface area contributed by atoms with Crippen LogP contribution in [0.5, 0.6) is 0 Å². The molecule has 58 valence electrons. The van der Waals surface area contributed by atoms with Crippen molar-refractivity contribution in [2.45, 2.75) is 13.8 Å². The molecular weight excluding hydrogens is 136 g/mol. The highest BCUT2D eigenvalue weighted by Gasteiger charge is 1.91. The minimum atomic E-state index is 1.09. The van der Waals surface area contributed by atoms with E-state index in [-0.39, 0.29) is 0 Å². The van der Waals surface area contributed by atoms with Gasteiger partial charge in [0.1, 0.15) is 0 Å². The molecule has 0 aliphatic rings. The van der Waals surface area contributed by atoms with Gasteiger partial charge in [-0.2, -0.15) is 5.10 Å². The molecule has 1 rings (SSSR count). The van der Waals surface area contributed by atoms with E-state index in [9.17, 15) is 0 Å². The van der Waals surface area contributed by atoms with Gasteiger partial charge in [0.2, 0.25) is 0 Å². The molecule has 1 aromatic rings. The third kappa shape index (κ3) is 1.80. The number of aromatic nitrogens is 2. The fraction of sp³-hybridized carbons (Fsp3) is 0.222. The van der Waals surface area contributed by atoms with E-state index >= 15 is 0 Å². The largest absolute Gasteiger partial charge is 0.241 e. The molecule has 11 heavy (non-hydrogen) atoms.